The van der Waals surface area contributed by atoms with Crippen molar-refractivity contribution in [3.05, 3.63) is 63.2 Å². The SMILES string of the molecule is O=C(O)c1cccc2c1Cc1ccc([N+](=O)[O-])cc1-2. The number of rotatable bonds is 2. The predicted octanol–water partition coefficient (Wildman–Crippen LogP) is 2.86. The average Bonchev–Trinajstić information content (AvgIpc) is 2.75. The number of hydrogen-bond donors (Lipinski definition) is 1. The fraction of sp³-hybridized carbons (Fsp3) is 0.0714. The van der Waals surface area contributed by atoms with E-state index in [-0.39, 0.29) is 11.3 Å². The number of benzene rings is 2. The number of carbonyl (C=O) groups is 1. The summed E-state index contributed by atoms with van der Waals surface area (Å²) in [4.78, 5) is 21.5. The van der Waals surface area contributed by atoms with Gasteiger partial charge in [-0.2, -0.15) is 0 Å². The van der Waals surface area contributed by atoms with Gasteiger partial charge < -0.3 is 5.11 Å². The van der Waals surface area contributed by atoms with Crippen LogP contribution in [0.25, 0.3) is 11.1 Å². The Morgan fingerprint density at radius 3 is 2.68 bits per heavy atom. The lowest BCUT2D eigenvalue weighted by Crippen LogP contribution is -2.01. The highest BCUT2D eigenvalue weighted by atomic mass is 16.6. The van der Waals surface area contributed by atoms with E-state index in [9.17, 15) is 14.9 Å². The highest BCUT2D eigenvalue weighted by Crippen LogP contribution is 2.39. The minimum absolute atomic E-state index is 0.0207. The van der Waals surface area contributed by atoms with E-state index in [0.717, 1.165) is 22.3 Å². The fourth-order valence-electron chi connectivity index (χ4n) is 2.50. The van der Waals surface area contributed by atoms with Crippen molar-refractivity contribution in [3.63, 3.8) is 0 Å². The first kappa shape index (κ1) is 11.4. The van der Waals surface area contributed by atoms with Gasteiger partial charge >= 0.3 is 5.97 Å². The maximum atomic E-state index is 11.2. The molecular formula is C14H9NO4. The van der Waals surface area contributed by atoms with Gasteiger partial charge in [0.25, 0.3) is 5.69 Å². The molecule has 0 aromatic heterocycles. The quantitative estimate of drug-likeness (QED) is 0.564. The van der Waals surface area contributed by atoms with E-state index in [2.05, 4.69) is 0 Å². The van der Waals surface area contributed by atoms with Crippen LogP contribution in [0.1, 0.15) is 21.5 Å². The van der Waals surface area contributed by atoms with Crippen LogP contribution >= 0.6 is 0 Å². The zero-order valence-corrected chi connectivity index (χ0v) is 9.79. The maximum Gasteiger partial charge on any atom is 0.335 e. The van der Waals surface area contributed by atoms with E-state index in [0.29, 0.717) is 6.42 Å². The number of nitro groups is 1. The van der Waals surface area contributed by atoms with Crippen molar-refractivity contribution in [1.29, 1.82) is 0 Å². The molecule has 0 spiro atoms. The second kappa shape index (κ2) is 3.91. The van der Waals surface area contributed by atoms with Crippen LogP contribution in [-0.2, 0) is 6.42 Å². The first-order valence-electron chi connectivity index (χ1n) is 5.71. The summed E-state index contributed by atoms with van der Waals surface area (Å²) in [5, 5.41) is 20.0. The Morgan fingerprint density at radius 2 is 2.00 bits per heavy atom. The summed E-state index contributed by atoms with van der Waals surface area (Å²) in [5.74, 6) is -0.973. The van der Waals surface area contributed by atoms with Crippen molar-refractivity contribution in [3.8, 4) is 11.1 Å². The van der Waals surface area contributed by atoms with Crippen molar-refractivity contribution in [2.24, 2.45) is 0 Å². The molecule has 0 saturated carbocycles. The summed E-state index contributed by atoms with van der Waals surface area (Å²) in [5.41, 5.74) is 3.47. The minimum Gasteiger partial charge on any atom is -0.478 e. The van der Waals surface area contributed by atoms with Gasteiger partial charge in [0.2, 0.25) is 0 Å². The Kier molecular flexibility index (Phi) is 2.35. The zero-order chi connectivity index (χ0) is 13.6. The van der Waals surface area contributed by atoms with Crippen LogP contribution in [0.4, 0.5) is 5.69 Å². The topological polar surface area (TPSA) is 80.4 Å². The molecular weight excluding hydrogens is 246 g/mol. The van der Waals surface area contributed by atoms with E-state index in [1.807, 2.05) is 0 Å². The third-order valence-corrected chi connectivity index (χ3v) is 3.37. The third kappa shape index (κ3) is 1.67. The molecule has 0 aliphatic heterocycles. The smallest absolute Gasteiger partial charge is 0.335 e. The number of hydrogen-bond acceptors (Lipinski definition) is 3. The standard InChI is InChI=1S/C14H9NO4/c16-14(17)11-3-1-2-10-12-7-9(15(18)19)5-4-8(12)6-13(10)11/h1-5,7H,6H2,(H,16,17). The molecule has 0 saturated heterocycles. The Labute approximate surface area is 108 Å². The van der Waals surface area contributed by atoms with Gasteiger partial charge in [0.15, 0.2) is 0 Å². The zero-order valence-electron chi connectivity index (χ0n) is 9.79. The maximum absolute atomic E-state index is 11.2. The van der Waals surface area contributed by atoms with Crippen molar-refractivity contribution in [1.82, 2.24) is 0 Å². The van der Waals surface area contributed by atoms with Gasteiger partial charge in [-0.25, -0.2) is 4.79 Å². The van der Waals surface area contributed by atoms with Gasteiger partial charge in [-0.15, -0.1) is 0 Å². The van der Waals surface area contributed by atoms with Gasteiger partial charge in [-0.05, 0) is 34.7 Å². The number of carboxylic acid groups (broad SMARTS) is 1. The van der Waals surface area contributed by atoms with Crippen molar-refractivity contribution >= 4 is 11.7 Å². The highest BCUT2D eigenvalue weighted by molar-refractivity contribution is 5.94. The van der Waals surface area contributed by atoms with Crippen LogP contribution in [0, 0.1) is 10.1 Å². The summed E-state index contributed by atoms with van der Waals surface area (Å²) in [6.45, 7) is 0. The van der Waals surface area contributed by atoms with Crippen molar-refractivity contribution < 1.29 is 14.8 Å². The molecule has 1 aliphatic carbocycles. The number of aromatic carboxylic acids is 1. The highest BCUT2D eigenvalue weighted by Gasteiger charge is 2.25. The van der Waals surface area contributed by atoms with Gasteiger partial charge in [0, 0.05) is 12.1 Å². The Balaban J connectivity index is 2.22. The molecule has 19 heavy (non-hydrogen) atoms. The van der Waals surface area contributed by atoms with E-state index in [4.69, 9.17) is 5.11 Å². The molecule has 0 bridgehead atoms. The molecule has 1 N–H and O–H groups in total. The second-order valence-electron chi connectivity index (χ2n) is 4.41. The van der Waals surface area contributed by atoms with Crippen LogP contribution in [0.5, 0.6) is 0 Å². The number of fused-ring (bicyclic) bond motifs is 3. The molecule has 0 amide bonds. The summed E-state index contributed by atoms with van der Waals surface area (Å²) >= 11 is 0. The molecule has 0 atom stereocenters. The van der Waals surface area contributed by atoms with Crippen LogP contribution in [0.15, 0.2) is 36.4 Å². The Bertz CT molecular complexity index is 721. The molecule has 3 rings (SSSR count). The van der Waals surface area contributed by atoms with E-state index in [1.54, 1.807) is 24.3 Å². The van der Waals surface area contributed by atoms with Crippen LogP contribution in [-0.4, -0.2) is 16.0 Å². The molecule has 5 nitrogen and oxygen atoms in total. The van der Waals surface area contributed by atoms with Gasteiger partial charge in [-0.1, -0.05) is 18.2 Å². The summed E-state index contributed by atoms with van der Waals surface area (Å²) in [6.07, 6.45) is 0.505. The fourth-order valence-corrected chi connectivity index (χ4v) is 2.50. The molecule has 1 aliphatic rings. The molecule has 2 aromatic carbocycles. The molecule has 0 heterocycles. The molecule has 0 radical (unpaired) electrons. The Morgan fingerprint density at radius 1 is 1.21 bits per heavy atom. The van der Waals surface area contributed by atoms with E-state index >= 15 is 0 Å². The molecule has 0 unspecified atom stereocenters. The normalized spacial score (nSPS) is 11.8. The monoisotopic (exact) mass is 255 g/mol. The molecule has 2 aromatic rings. The second-order valence-corrected chi connectivity index (χ2v) is 4.41. The van der Waals surface area contributed by atoms with Gasteiger partial charge in [-0.3, -0.25) is 10.1 Å². The van der Waals surface area contributed by atoms with Crippen LogP contribution < -0.4 is 0 Å². The van der Waals surface area contributed by atoms with Gasteiger partial charge in [0.05, 0.1) is 10.5 Å². The van der Waals surface area contributed by atoms with Crippen molar-refractivity contribution in [2.45, 2.75) is 6.42 Å². The molecule has 0 fully saturated rings. The van der Waals surface area contributed by atoms with Crippen LogP contribution in [0.3, 0.4) is 0 Å². The molecule has 5 heteroatoms. The van der Waals surface area contributed by atoms with E-state index < -0.39 is 10.9 Å². The lowest BCUT2D eigenvalue weighted by Gasteiger charge is -2.03. The average molecular weight is 255 g/mol. The minimum atomic E-state index is -0.973. The van der Waals surface area contributed by atoms with Crippen LogP contribution in [0.2, 0.25) is 0 Å². The summed E-state index contributed by atoms with van der Waals surface area (Å²) in [7, 11) is 0. The largest absolute Gasteiger partial charge is 0.478 e. The predicted molar refractivity (Wildman–Crippen MR) is 68.3 cm³/mol. The number of carboxylic acids is 1. The first-order valence-corrected chi connectivity index (χ1v) is 5.71. The third-order valence-electron chi connectivity index (χ3n) is 3.37. The van der Waals surface area contributed by atoms with Gasteiger partial charge in [0.1, 0.15) is 0 Å². The van der Waals surface area contributed by atoms with E-state index in [1.165, 1.54) is 12.1 Å². The molecule has 94 valence electrons. The number of non-ortho nitro benzene ring substituents is 1. The Hall–Kier alpha value is -2.69. The lowest BCUT2D eigenvalue weighted by atomic mass is 10.0. The number of nitrogens with zero attached hydrogens (tertiary/aromatic N) is 1. The first-order chi connectivity index (χ1) is 9.08. The number of nitro benzene ring substituents is 1. The summed E-state index contributed by atoms with van der Waals surface area (Å²) in [6, 6.07) is 9.67. The summed E-state index contributed by atoms with van der Waals surface area (Å²) < 4.78 is 0. The van der Waals surface area contributed by atoms with Crippen molar-refractivity contribution in [2.75, 3.05) is 0 Å². The lowest BCUT2D eigenvalue weighted by molar-refractivity contribution is -0.384.